The minimum absolute atomic E-state index is 0.234. The summed E-state index contributed by atoms with van der Waals surface area (Å²) in [6.07, 6.45) is 3.87. The first-order valence-corrected chi connectivity index (χ1v) is 6.40. The van der Waals surface area contributed by atoms with E-state index in [9.17, 15) is 0 Å². The zero-order valence-corrected chi connectivity index (χ0v) is 11.5. The Morgan fingerprint density at radius 2 is 2.31 bits per heavy atom. The third-order valence-electron chi connectivity index (χ3n) is 1.90. The molecule has 4 nitrogen and oxygen atoms in total. The van der Waals surface area contributed by atoms with Crippen LogP contribution in [0, 0.1) is 0 Å². The van der Waals surface area contributed by atoms with Gasteiger partial charge in [0.25, 0.3) is 0 Å². The highest BCUT2D eigenvalue weighted by Crippen LogP contribution is 2.19. The Hall–Kier alpha value is -0.390. The van der Waals surface area contributed by atoms with Crippen LogP contribution in [0.25, 0.3) is 0 Å². The second-order valence-corrected chi connectivity index (χ2v) is 4.42. The Morgan fingerprint density at radius 3 is 3.06 bits per heavy atom. The molecule has 6 heteroatoms. The number of anilines is 1. The molecule has 0 spiro atoms. The first-order valence-electron chi connectivity index (χ1n) is 5.23. The molecule has 1 aromatic rings. The topological polar surface area (TPSA) is 47.0 Å². The SMILES string of the molecule is CCCCOCCNc1nc(Cl)ncc1Br. The van der Waals surface area contributed by atoms with Crippen molar-refractivity contribution >= 4 is 33.3 Å². The lowest BCUT2D eigenvalue weighted by Gasteiger charge is -2.07. The van der Waals surface area contributed by atoms with Crippen LogP contribution in [0.3, 0.4) is 0 Å². The van der Waals surface area contributed by atoms with Crippen molar-refractivity contribution in [1.29, 1.82) is 0 Å². The number of halogens is 2. The first-order chi connectivity index (χ1) is 7.74. The van der Waals surface area contributed by atoms with Crippen molar-refractivity contribution in [2.75, 3.05) is 25.1 Å². The minimum atomic E-state index is 0.234. The fourth-order valence-electron chi connectivity index (χ4n) is 1.06. The number of aromatic nitrogens is 2. The third kappa shape index (κ3) is 5.09. The number of ether oxygens (including phenoxy) is 1. The fraction of sp³-hybridized carbons (Fsp3) is 0.600. The summed E-state index contributed by atoms with van der Waals surface area (Å²) >= 11 is 9.02. The largest absolute Gasteiger partial charge is 0.380 e. The molecule has 0 amide bonds. The van der Waals surface area contributed by atoms with Gasteiger partial charge >= 0.3 is 0 Å². The molecule has 1 heterocycles. The van der Waals surface area contributed by atoms with Crippen LogP contribution in [0.15, 0.2) is 10.7 Å². The first kappa shape index (κ1) is 13.7. The molecule has 0 aliphatic carbocycles. The molecule has 1 N–H and O–H groups in total. The maximum Gasteiger partial charge on any atom is 0.224 e. The number of nitrogens with one attached hydrogen (secondary N) is 1. The van der Waals surface area contributed by atoms with Crippen molar-refractivity contribution in [2.45, 2.75) is 19.8 Å². The van der Waals surface area contributed by atoms with Gasteiger partial charge in [-0.2, -0.15) is 4.98 Å². The minimum Gasteiger partial charge on any atom is -0.380 e. The summed E-state index contributed by atoms with van der Waals surface area (Å²) in [5.74, 6) is 0.694. The Kier molecular flexibility index (Phi) is 6.68. The molecule has 0 unspecified atom stereocenters. The molecular weight excluding hydrogens is 293 g/mol. The molecule has 0 saturated carbocycles. The van der Waals surface area contributed by atoms with Crippen LogP contribution in [-0.4, -0.2) is 29.7 Å². The van der Waals surface area contributed by atoms with Crippen LogP contribution in [-0.2, 0) is 4.74 Å². The molecule has 0 saturated heterocycles. The summed E-state index contributed by atoms with van der Waals surface area (Å²) in [6.45, 7) is 4.31. The molecule has 0 atom stereocenters. The van der Waals surface area contributed by atoms with E-state index in [1.165, 1.54) is 0 Å². The van der Waals surface area contributed by atoms with Crippen molar-refractivity contribution in [1.82, 2.24) is 9.97 Å². The quantitative estimate of drug-likeness (QED) is 0.621. The normalized spacial score (nSPS) is 10.4. The summed E-state index contributed by atoms with van der Waals surface area (Å²) in [5.41, 5.74) is 0. The van der Waals surface area contributed by atoms with E-state index in [-0.39, 0.29) is 5.28 Å². The smallest absolute Gasteiger partial charge is 0.224 e. The van der Waals surface area contributed by atoms with Gasteiger partial charge in [-0.05, 0) is 34.0 Å². The molecule has 90 valence electrons. The van der Waals surface area contributed by atoms with E-state index in [1.807, 2.05) is 0 Å². The van der Waals surface area contributed by atoms with Crippen LogP contribution in [0.1, 0.15) is 19.8 Å². The summed E-state index contributed by atoms with van der Waals surface area (Å²) in [5, 5.41) is 3.36. The molecule has 0 aromatic carbocycles. The molecule has 0 aliphatic rings. The highest BCUT2D eigenvalue weighted by Gasteiger charge is 2.02. The van der Waals surface area contributed by atoms with Crippen LogP contribution >= 0.6 is 27.5 Å². The third-order valence-corrected chi connectivity index (χ3v) is 2.66. The Morgan fingerprint density at radius 1 is 1.50 bits per heavy atom. The number of hydrogen-bond donors (Lipinski definition) is 1. The lowest BCUT2D eigenvalue weighted by atomic mass is 10.4. The standard InChI is InChI=1S/C10H15BrClN3O/c1-2-3-5-16-6-4-13-9-8(11)7-14-10(12)15-9/h7H,2-6H2,1H3,(H,13,14,15). The Balaban J connectivity index is 2.23. The van der Waals surface area contributed by atoms with Gasteiger partial charge in [0, 0.05) is 19.3 Å². The molecule has 0 aliphatic heterocycles. The van der Waals surface area contributed by atoms with Gasteiger partial charge in [-0.25, -0.2) is 4.98 Å². The number of hydrogen-bond acceptors (Lipinski definition) is 4. The van der Waals surface area contributed by atoms with Gasteiger partial charge in [0.2, 0.25) is 5.28 Å². The second-order valence-electron chi connectivity index (χ2n) is 3.23. The van der Waals surface area contributed by atoms with Crippen LogP contribution < -0.4 is 5.32 Å². The van der Waals surface area contributed by atoms with Gasteiger partial charge in [0.05, 0.1) is 11.1 Å². The fourth-order valence-corrected chi connectivity index (χ4v) is 1.52. The highest BCUT2D eigenvalue weighted by atomic mass is 79.9. The molecule has 0 bridgehead atoms. The van der Waals surface area contributed by atoms with Gasteiger partial charge < -0.3 is 10.1 Å². The zero-order chi connectivity index (χ0) is 11.8. The average molecular weight is 309 g/mol. The van der Waals surface area contributed by atoms with Crippen molar-refractivity contribution in [3.05, 3.63) is 16.0 Å². The average Bonchev–Trinajstić information content (AvgIpc) is 2.28. The van der Waals surface area contributed by atoms with Crippen molar-refractivity contribution in [2.24, 2.45) is 0 Å². The second kappa shape index (κ2) is 7.81. The van der Waals surface area contributed by atoms with Gasteiger partial charge in [0.1, 0.15) is 5.82 Å². The number of unbranched alkanes of at least 4 members (excludes halogenated alkanes) is 1. The van der Waals surface area contributed by atoms with E-state index in [0.29, 0.717) is 19.0 Å². The number of nitrogens with zero attached hydrogens (tertiary/aromatic N) is 2. The molecule has 0 radical (unpaired) electrons. The van der Waals surface area contributed by atoms with Gasteiger partial charge in [-0.1, -0.05) is 13.3 Å². The monoisotopic (exact) mass is 307 g/mol. The van der Waals surface area contributed by atoms with E-state index in [0.717, 1.165) is 23.9 Å². The van der Waals surface area contributed by atoms with Crippen molar-refractivity contribution in [3.63, 3.8) is 0 Å². The number of rotatable bonds is 7. The van der Waals surface area contributed by atoms with E-state index < -0.39 is 0 Å². The molecule has 0 fully saturated rings. The maximum atomic E-state index is 5.68. The summed E-state index contributed by atoms with van der Waals surface area (Å²) in [6, 6.07) is 0. The van der Waals surface area contributed by atoms with Gasteiger partial charge in [-0.15, -0.1) is 0 Å². The van der Waals surface area contributed by atoms with Crippen LogP contribution in [0.2, 0.25) is 5.28 Å². The molecule has 1 rings (SSSR count). The molecule has 16 heavy (non-hydrogen) atoms. The Labute approximate surface area is 109 Å². The van der Waals surface area contributed by atoms with Gasteiger partial charge in [-0.3, -0.25) is 0 Å². The summed E-state index contributed by atoms with van der Waals surface area (Å²) in [4.78, 5) is 7.89. The lowest BCUT2D eigenvalue weighted by molar-refractivity contribution is 0.141. The lowest BCUT2D eigenvalue weighted by Crippen LogP contribution is -2.11. The van der Waals surface area contributed by atoms with E-state index in [4.69, 9.17) is 16.3 Å². The molecular formula is C10H15BrClN3O. The summed E-state index contributed by atoms with van der Waals surface area (Å²) in [7, 11) is 0. The van der Waals surface area contributed by atoms with Gasteiger partial charge in [0.15, 0.2) is 0 Å². The molecule has 1 aromatic heterocycles. The van der Waals surface area contributed by atoms with Crippen LogP contribution in [0.4, 0.5) is 5.82 Å². The van der Waals surface area contributed by atoms with E-state index >= 15 is 0 Å². The van der Waals surface area contributed by atoms with Crippen molar-refractivity contribution in [3.8, 4) is 0 Å². The Bertz CT molecular complexity index is 325. The van der Waals surface area contributed by atoms with E-state index in [2.05, 4.69) is 38.1 Å². The van der Waals surface area contributed by atoms with Crippen LogP contribution in [0.5, 0.6) is 0 Å². The highest BCUT2D eigenvalue weighted by molar-refractivity contribution is 9.10. The predicted octanol–water partition coefficient (Wildman–Crippen LogP) is 3.12. The zero-order valence-electron chi connectivity index (χ0n) is 9.17. The maximum absolute atomic E-state index is 5.68. The summed E-state index contributed by atoms with van der Waals surface area (Å²) < 4.78 is 6.21. The van der Waals surface area contributed by atoms with Crippen molar-refractivity contribution < 1.29 is 4.74 Å². The van der Waals surface area contributed by atoms with E-state index in [1.54, 1.807) is 6.20 Å². The predicted molar refractivity (Wildman–Crippen MR) is 69.0 cm³/mol.